The number of benzene rings is 2. The fourth-order valence-electron chi connectivity index (χ4n) is 3.11. The van der Waals surface area contributed by atoms with Gasteiger partial charge in [0.05, 0.1) is 28.6 Å². The number of halogens is 3. The van der Waals surface area contributed by atoms with Gasteiger partial charge in [0.2, 0.25) is 0 Å². The minimum Gasteiger partial charge on any atom is -0.472 e. The molecule has 0 spiro atoms. The zero-order valence-electron chi connectivity index (χ0n) is 14.5. The number of alkyl halides is 3. The van der Waals surface area contributed by atoms with Gasteiger partial charge in [-0.1, -0.05) is 30.3 Å². The van der Waals surface area contributed by atoms with Crippen molar-refractivity contribution in [1.82, 2.24) is 4.57 Å². The normalized spacial score (nSPS) is 11.7. The van der Waals surface area contributed by atoms with E-state index in [1.807, 2.05) is 28.8 Å². The Morgan fingerprint density at radius 2 is 1.89 bits per heavy atom. The third-order valence-corrected chi connectivity index (χ3v) is 4.43. The molecule has 0 saturated heterocycles. The molecule has 2 aromatic carbocycles. The number of furan rings is 1. The van der Waals surface area contributed by atoms with Crippen molar-refractivity contribution in [2.24, 2.45) is 0 Å². The van der Waals surface area contributed by atoms with E-state index < -0.39 is 11.7 Å². The molecule has 2 aromatic heterocycles. The molecular weight excluding hydrogens is 369 g/mol. The smallest absolute Gasteiger partial charge is 0.416 e. The van der Waals surface area contributed by atoms with E-state index in [-0.39, 0.29) is 12.5 Å². The molecule has 2 heterocycles. The molecular formula is C21H15F3N2O2. The van der Waals surface area contributed by atoms with Crippen molar-refractivity contribution in [2.45, 2.75) is 12.7 Å². The molecule has 0 aliphatic heterocycles. The lowest BCUT2D eigenvalue weighted by atomic mass is 10.1. The van der Waals surface area contributed by atoms with Crippen LogP contribution in [0, 0.1) is 0 Å². The third-order valence-electron chi connectivity index (χ3n) is 4.43. The summed E-state index contributed by atoms with van der Waals surface area (Å²) >= 11 is 0. The highest BCUT2D eigenvalue weighted by atomic mass is 19.4. The van der Waals surface area contributed by atoms with E-state index in [2.05, 4.69) is 5.32 Å². The topological polar surface area (TPSA) is 47.2 Å². The van der Waals surface area contributed by atoms with Gasteiger partial charge in [-0.2, -0.15) is 13.2 Å². The van der Waals surface area contributed by atoms with Gasteiger partial charge in [-0.25, -0.2) is 0 Å². The van der Waals surface area contributed by atoms with Gasteiger partial charge in [0.1, 0.15) is 6.26 Å². The minimum absolute atomic E-state index is 0.242. The van der Waals surface area contributed by atoms with Crippen LogP contribution in [0.25, 0.3) is 10.9 Å². The van der Waals surface area contributed by atoms with E-state index >= 15 is 0 Å². The van der Waals surface area contributed by atoms with Crippen molar-refractivity contribution >= 4 is 22.5 Å². The number of fused-ring (bicyclic) bond motifs is 1. The van der Waals surface area contributed by atoms with E-state index in [9.17, 15) is 18.0 Å². The summed E-state index contributed by atoms with van der Waals surface area (Å²) < 4.78 is 45.7. The van der Waals surface area contributed by atoms with Crippen LogP contribution >= 0.6 is 0 Å². The van der Waals surface area contributed by atoms with Crippen LogP contribution in [-0.4, -0.2) is 10.5 Å². The van der Waals surface area contributed by atoms with Crippen molar-refractivity contribution in [3.05, 3.63) is 90.0 Å². The molecule has 1 N–H and O–H groups in total. The minimum atomic E-state index is -4.39. The van der Waals surface area contributed by atoms with Gasteiger partial charge in [0.15, 0.2) is 0 Å². The quantitative estimate of drug-likeness (QED) is 0.501. The second kappa shape index (κ2) is 6.92. The van der Waals surface area contributed by atoms with E-state index in [0.717, 1.165) is 23.0 Å². The molecule has 28 heavy (non-hydrogen) atoms. The maximum atomic E-state index is 13.0. The molecule has 0 aliphatic carbocycles. The summed E-state index contributed by atoms with van der Waals surface area (Å²) in [6, 6.07) is 14.2. The second-order valence-electron chi connectivity index (χ2n) is 6.35. The molecule has 0 radical (unpaired) electrons. The van der Waals surface area contributed by atoms with Crippen molar-refractivity contribution < 1.29 is 22.4 Å². The standard InChI is InChI=1S/C21H15F3N2O2/c22-21(23,24)16-5-3-4-14(10-16)11-26-12-18(17-6-1-2-7-19(17)26)25-20(27)15-8-9-28-13-15/h1-10,12-13H,11H2,(H,25,27). The number of carbonyl (C=O) groups is 1. The summed E-state index contributed by atoms with van der Waals surface area (Å²) in [7, 11) is 0. The fraction of sp³-hybridized carbons (Fsp3) is 0.0952. The number of hydrogen-bond acceptors (Lipinski definition) is 2. The van der Waals surface area contributed by atoms with Crippen LogP contribution < -0.4 is 5.32 Å². The SMILES string of the molecule is O=C(Nc1cn(Cc2cccc(C(F)(F)F)c2)c2ccccc12)c1ccoc1. The number of para-hydroxylation sites is 1. The number of aromatic nitrogens is 1. The zero-order chi connectivity index (χ0) is 19.7. The van der Waals surface area contributed by atoms with E-state index in [1.165, 1.54) is 18.6 Å². The first-order valence-corrected chi connectivity index (χ1v) is 8.49. The summed E-state index contributed by atoms with van der Waals surface area (Å²) in [5.74, 6) is -0.323. The predicted molar refractivity (Wildman–Crippen MR) is 99.1 cm³/mol. The van der Waals surface area contributed by atoms with Gasteiger partial charge in [-0.05, 0) is 29.8 Å². The molecule has 4 rings (SSSR count). The molecule has 4 aromatic rings. The molecule has 0 unspecified atom stereocenters. The lowest BCUT2D eigenvalue weighted by molar-refractivity contribution is -0.137. The van der Waals surface area contributed by atoms with Crippen molar-refractivity contribution in [3.63, 3.8) is 0 Å². The number of carbonyl (C=O) groups excluding carboxylic acids is 1. The van der Waals surface area contributed by atoms with E-state index in [1.54, 1.807) is 18.3 Å². The average molecular weight is 384 g/mol. The maximum absolute atomic E-state index is 13.0. The van der Waals surface area contributed by atoms with Crippen LogP contribution in [0.5, 0.6) is 0 Å². The number of nitrogens with one attached hydrogen (secondary N) is 1. The highest BCUT2D eigenvalue weighted by Gasteiger charge is 2.30. The first kappa shape index (κ1) is 17.9. The highest BCUT2D eigenvalue weighted by Crippen LogP contribution is 2.31. The Kier molecular flexibility index (Phi) is 4.43. The van der Waals surface area contributed by atoms with E-state index in [0.29, 0.717) is 16.8 Å². The second-order valence-corrected chi connectivity index (χ2v) is 6.35. The number of hydrogen-bond donors (Lipinski definition) is 1. The summed E-state index contributed by atoms with van der Waals surface area (Å²) in [5, 5.41) is 3.63. The van der Waals surface area contributed by atoms with Crippen molar-refractivity contribution in [3.8, 4) is 0 Å². The third kappa shape index (κ3) is 3.51. The summed E-state index contributed by atoms with van der Waals surface area (Å²) in [4.78, 5) is 12.3. The van der Waals surface area contributed by atoms with Gasteiger partial charge in [-0.3, -0.25) is 4.79 Å². The molecule has 0 bridgehead atoms. The number of rotatable bonds is 4. The summed E-state index contributed by atoms with van der Waals surface area (Å²) in [6.45, 7) is 0.242. The van der Waals surface area contributed by atoms with Gasteiger partial charge in [-0.15, -0.1) is 0 Å². The lowest BCUT2D eigenvalue weighted by Crippen LogP contribution is -2.10. The molecule has 0 aliphatic rings. The lowest BCUT2D eigenvalue weighted by Gasteiger charge is -2.10. The Hall–Kier alpha value is -3.48. The Balaban J connectivity index is 1.68. The van der Waals surface area contributed by atoms with Crippen LogP contribution in [0.2, 0.25) is 0 Å². The van der Waals surface area contributed by atoms with Crippen molar-refractivity contribution in [2.75, 3.05) is 5.32 Å². The Labute approximate surface area is 158 Å². The molecule has 7 heteroatoms. The van der Waals surface area contributed by atoms with Crippen LogP contribution in [0.3, 0.4) is 0 Å². The van der Waals surface area contributed by atoms with Crippen molar-refractivity contribution in [1.29, 1.82) is 0 Å². The largest absolute Gasteiger partial charge is 0.472 e. The first-order chi connectivity index (χ1) is 13.4. The monoisotopic (exact) mass is 384 g/mol. The fourth-order valence-corrected chi connectivity index (χ4v) is 3.11. The number of amides is 1. The number of nitrogens with zero attached hydrogens (tertiary/aromatic N) is 1. The zero-order valence-corrected chi connectivity index (χ0v) is 14.5. The first-order valence-electron chi connectivity index (χ1n) is 8.49. The van der Waals surface area contributed by atoms with Crippen LogP contribution in [0.1, 0.15) is 21.5 Å². The molecule has 142 valence electrons. The molecule has 0 fully saturated rings. The molecule has 4 nitrogen and oxygen atoms in total. The molecule has 0 atom stereocenters. The van der Waals surface area contributed by atoms with Gasteiger partial charge in [0, 0.05) is 18.1 Å². The summed E-state index contributed by atoms with van der Waals surface area (Å²) in [6.07, 6.45) is 0.0877. The Morgan fingerprint density at radius 1 is 1.07 bits per heavy atom. The van der Waals surface area contributed by atoms with Gasteiger partial charge >= 0.3 is 6.18 Å². The molecule has 1 amide bonds. The predicted octanol–water partition coefficient (Wildman–Crippen LogP) is 5.55. The van der Waals surface area contributed by atoms with Gasteiger partial charge in [0.25, 0.3) is 5.91 Å². The highest BCUT2D eigenvalue weighted by molar-refractivity contribution is 6.08. The number of anilines is 1. The van der Waals surface area contributed by atoms with Crippen LogP contribution in [0.15, 0.2) is 77.7 Å². The Bertz CT molecular complexity index is 1130. The summed E-state index contributed by atoms with van der Waals surface area (Å²) in [5.41, 5.74) is 1.60. The average Bonchev–Trinajstić information content (AvgIpc) is 3.31. The Morgan fingerprint density at radius 3 is 2.64 bits per heavy atom. The van der Waals surface area contributed by atoms with Crippen LogP contribution in [0.4, 0.5) is 18.9 Å². The molecule has 0 saturated carbocycles. The maximum Gasteiger partial charge on any atom is 0.416 e. The van der Waals surface area contributed by atoms with Gasteiger partial charge < -0.3 is 14.3 Å². The van der Waals surface area contributed by atoms with Crippen LogP contribution in [-0.2, 0) is 12.7 Å². The van der Waals surface area contributed by atoms with E-state index in [4.69, 9.17) is 4.42 Å².